The number of phenols is 1. The number of carbonyl (C=O) groups excluding carboxylic acids is 1. The fourth-order valence-corrected chi connectivity index (χ4v) is 2.96. The van der Waals surface area contributed by atoms with Crippen LogP contribution >= 0.6 is 0 Å². The van der Waals surface area contributed by atoms with E-state index in [1.165, 1.54) is 31.7 Å². The first-order valence-electron chi connectivity index (χ1n) is 7.49. The second-order valence-electron chi connectivity index (χ2n) is 5.75. The molecule has 2 rings (SSSR count). The van der Waals surface area contributed by atoms with Crippen molar-refractivity contribution in [2.45, 2.75) is 51.5 Å². The zero-order valence-electron chi connectivity index (χ0n) is 12.1. The minimum atomic E-state index is -0.126. The van der Waals surface area contributed by atoms with Crippen molar-refractivity contribution in [2.24, 2.45) is 5.92 Å². The quantitative estimate of drug-likeness (QED) is 0.584. The van der Waals surface area contributed by atoms with Gasteiger partial charge >= 0.3 is 0 Å². The predicted octanol–water partition coefficient (Wildman–Crippen LogP) is 3.06. The van der Waals surface area contributed by atoms with Crippen molar-refractivity contribution in [3.8, 4) is 5.75 Å². The van der Waals surface area contributed by atoms with Crippen LogP contribution in [0.25, 0.3) is 0 Å². The monoisotopic (exact) mass is 276 g/mol. The molecule has 0 aliphatic heterocycles. The summed E-state index contributed by atoms with van der Waals surface area (Å²) in [6.45, 7) is 2.22. The topological polar surface area (TPSA) is 75.4 Å². The van der Waals surface area contributed by atoms with Crippen LogP contribution in [0.4, 0.5) is 5.69 Å². The molecule has 1 saturated carbocycles. The molecule has 110 valence electrons. The van der Waals surface area contributed by atoms with Crippen molar-refractivity contribution in [1.29, 1.82) is 0 Å². The van der Waals surface area contributed by atoms with Crippen molar-refractivity contribution in [2.75, 3.05) is 5.73 Å². The number of nitrogen functional groups attached to an aromatic ring is 1. The SMILES string of the molecule is CCCC1CCC(NC(=O)c2ccc(N)c(O)c2)CC1. The van der Waals surface area contributed by atoms with Gasteiger partial charge in [-0.05, 0) is 49.8 Å². The fourth-order valence-electron chi connectivity index (χ4n) is 2.96. The summed E-state index contributed by atoms with van der Waals surface area (Å²) in [6, 6.07) is 4.89. The Labute approximate surface area is 120 Å². The van der Waals surface area contributed by atoms with Crippen molar-refractivity contribution >= 4 is 11.6 Å². The third-order valence-corrected chi connectivity index (χ3v) is 4.17. The van der Waals surface area contributed by atoms with Crippen molar-refractivity contribution in [1.82, 2.24) is 5.32 Å². The first-order valence-corrected chi connectivity index (χ1v) is 7.49. The van der Waals surface area contributed by atoms with E-state index >= 15 is 0 Å². The molecular formula is C16H24N2O2. The van der Waals surface area contributed by atoms with E-state index < -0.39 is 0 Å². The van der Waals surface area contributed by atoms with Gasteiger partial charge in [-0.25, -0.2) is 0 Å². The van der Waals surface area contributed by atoms with Crippen molar-refractivity contribution in [3.05, 3.63) is 23.8 Å². The van der Waals surface area contributed by atoms with Gasteiger partial charge in [0.25, 0.3) is 5.91 Å². The smallest absolute Gasteiger partial charge is 0.251 e. The maximum atomic E-state index is 12.1. The average Bonchev–Trinajstić information content (AvgIpc) is 2.44. The lowest BCUT2D eigenvalue weighted by atomic mass is 9.83. The molecule has 1 aromatic carbocycles. The van der Waals surface area contributed by atoms with E-state index in [-0.39, 0.29) is 17.7 Å². The van der Waals surface area contributed by atoms with Crippen LogP contribution in [-0.2, 0) is 0 Å². The van der Waals surface area contributed by atoms with E-state index in [2.05, 4.69) is 12.2 Å². The molecule has 0 saturated heterocycles. The molecule has 1 fully saturated rings. The van der Waals surface area contributed by atoms with Gasteiger partial charge in [-0.3, -0.25) is 4.79 Å². The molecule has 1 aromatic rings. The van der Waals surface area contributed by atoms with Crippen LogP contribution in [0.3, 0.4) is 0 Å². The maximum Gasteiger partial charge on any atom is 0.251 e. The molecule has 0 aromatic heterocycles. The number of nitrogens with one attached hydrogen (secondary N) is 1. The number of amides is 1. The number of phenolic OH excluding ortho intramolecular Hbond substituents is 1. The highest BCUT2D eigenvalue weighted by atomic mass is 16.3. The Hall–Kier alpha value is -1.71. The molecule has 0 heterocycles. The Kier molecular flexibility index (Phi) is 4.88. The van der Waals surface area contributed by atoms with Crippen molar-refractivity contribution in [3.63, 3.8) is 0 Å². The number of nitrogens with two attached hydrogens (primary N) is 1. The molecule has 1 amide bonds. The summed E-state index contributed by atoms with van der Waals surface area (Å²) >= 11 is 0. The van der Waals surface area contributed by atoms with Crippen LogP contribution in [0.5, 0.6) is 5.75 Å². The zero-order valence-corrected chi connectivity index (χ0v) is 12.1. The molecule has 0 unspecified atom stereocenters. The zero-order chi connectivity index (χ0) is 14.5. The van der Waals surface area contributed by atoms with Crippen LogP contribution in [0, 0.1) is 5.92 Å². The predicted molar refractivity (Wildman–Crippen MR) is 80.6 cm³/mol. The van der Waals surface area contributed by atoms with E-state index in [9.17, 15) is 9.90 Å². The number of rotatable bonds is 4. The minimum absolute atomic E-state index is 0.0377. The Balaban J connectivity index is 1.87. The number of carbonyl (C=O) groups is 1. The molecule has 20 heavy (non-hydrogen) atoms. The second-order valence-corrected chi connectivity index (χ2v) is 5.75. The van der Waals surface area contributed by atoms with E-state index in [0.29, 0.717) is 11.3 Å². The Morgan fingerprint density at radius 2 is 2.05 bits per heavy atom. The lowest BCUT2D eigenvalue weighted by Crippen LogP contribution is -2.37. The summed E-state index contributed by atoms with van der Waals surface area (Å²) in [5.74, 6) is 0.664. The first kappa shape index (κ1) is 14.7. The summed E-state index contributed by atoms with van der Waals surface area (Å²) < 4.78 is 0. The Bertz CT molecular complexity index is 466. The third-order valence-electron chi connectivity index (χ3n) is 4.17. The standard InChI is InChI=1S/C16H24N2O2/c1-2-3-11-4-7-13(8-5-11)18-16(20)12-6-9-14(17)15(19)10-12/h6,9-11,13,19H,2-5,7-8,17H2,1H3,(H,18,20). The molecule has 4 heteroatoms. The van der Waals surface area contributed by atoms with Crippen LogP contribution in [0.2, 0.25) is 0 Å². The van der Waals surface area contributed by atoms with E-state index in [1.807, 2.05) is 0 Å². The normalized spacial score (nSPS) is 22.4. The van der Waals surface area contributed by atoms with Gasteiger partial charge in [-0.1, -0.05) is 19.8 Å². The summed E-state index contributed by atoms with van der Waals surface area (Å²) in [6.07, 6.45) is 7.05. The molecule has 1 aliphatic carbocycles. The number of aromatic hydroxyl groups is 1. The van der Waals surface area contributed by atoms with Crippen LogP contribution in [0.1, 0.15) is 55.8 Å². The fraction of sp³-hybridized carbons (Fsp3) is 0.562. The van der Waals surface area contributed by atoms with Gasteiger partial charge in [0, 0.05) is 11.6 Å². The van der Waals surface area contributed by atoms with Gasteiger partial charge < -0.3 is 16.2 Å². The number of anilines is 1. The summed E-state index contributed by atoms with van der Waals surface area (Å²) in [7, 11) is 0. The van der Waals surface area contributed by atoms with Crippen LogP contribution < -0.4 is 11.1 Å². The Morgan fingerprint density at radius 1 is 1.35 bits per heavy atom. The van der Waals surface area contributed by atoms with Crippen LogP contribution in [-0.4, -0.2) is 17.1 Å². The van der Waals surface area contributed by atoms with E-state index in [0.717, 1.165) is 18.8 Å². The highest BCUT2D eigenvalue weighted by Crippen LogP contribution is 2.28. The average molecular weight is 276 g/mol. The Morgan fingerprint density at radius 3 is 2.65 bits per heavy atom. The van der Waals surface area contributed by atoms with Gasteiger partial charge in [0.1, 0.15) is 5.75 Å². The van der Waals surface area contributed by atoms with Gasteiger partial charge in [0.2, 0.25) is 0 Å². The molecule has 1 aliphatic rings. The summed E-state index contributed by atoms with van der Waals surface area (Å²) in [5, 5.41) is 12.6. The second kappa shape index (κ2) is 6.64. The first-order chi connectivity index (χ1) is 9.60. The molecule has 0 atom stereocenters. The molecule has 4 N–H and O–H groups in total. The lowest BCUT2D eigenvalue weighted by molar-refractivity contribution is 0.0921. The summed E-state index contributed by atoms with van der Waals surface area (Å²) in [4.78, 5) is 12.1. The molecule has 0 radical (unpaired) electrons. The van der Waals surface area contributed by atoms with Gasteiger partial charge in [0.05, 0.1) is 5.69 Å². The van der Waals surface area contributed by atoms with Gasteiger partial charge in [0.15, 0.2) is 0 Å². The highest BCUT2D eigenvalue weighted by Gasteiger charge is 2.22. The third kappa shape index (κ3) is 3.65. The number of hydrogen-bond acceptors (Lipinski definition) is 3. The number of hydrogen-bond donors (Lipinski definition) is 3. The molecule has 0 spiro atoms. The van der Waals surface area contributed by atoms with Crippen LogP contribution in [0.15, 0.2) is 18.2 Å². The van der Waals surface area contributed by atoms with Gasteiger partial charge in [-0.15, -0.1) is 0 Å². The van der Waals surface area contributed by atoms with Gasteiger partial charge in [-0.2, -0.15) is 0 Å². The van der Waals surface area contributed by atoms with E-state index in [1.54, 1.807) is 12.1 Å². The maximum absolute atomic E-state index is 12.1. The molecule has 4 nitrogen and oxygen atoms in total. The molecule has 0 bridgehead atoms. The minimum Gasteiger partial charge on any atom is -0.506 e. The largest absolute Gasteiger partial charge is 0.506 e. The highest BCUT2D eigenvalue weighted by molar-refractivity contribution is 5.95. The number of benzene rings is 1. The lowest BCUT2D eigenvalue weighted by Gasteiger charge is -2.29. The van der Waals surface area contributed by atoms with E-state index in [4.69, 9.17) is 5.73 Å². The molecular weight excluding hydrogens is 252 g/mol. The summed E-state index contributed by atoms with van der Waals surface area (Å²) in [5.41, 5.74) is 6.29. The van der Waals surface area contributed by atoms with Crippen molar-refractivity contribution < 1.29 is 9.90 Å².